The van der Waals surface area contributed by atoms with Crippen LogP contribution in [0.25, 0.3) is 10.2 Å². The summed E-state index contributed by atoms with van der Waals surface area (Å²) >= 11 is 7.71. The Balaban J connectivity index is 1.40. The van der Waals surface area contributed by atoms with Crippen molar-refractivity contribution in [1.82, 2.24) is 14.8 Å². The third-order valence-electron chi connectivity index (χ3n) is 4.53. The minimum Gasteiger partial charge on any atom is -0.336 e. The Labute approximate surface area is 159 Å². The Kier molecular flexibility index (Phi) is 4.89. The number of hydrogen-bond donors (Lipinski definition) is 0. The van der Waals surface area contributed by atoms with Crippen molar-refractivity contribution in [1.29, 1.82) is 0 Å². The zero-order valence-corrected chi connectivity index (χ0v) is 15.6. The van der Waals surface area contributed by atoms with E-state index in [-0.39, 0.29) is 16.5 Å². The maximum absolute atomic E-state index is 14.0. The van der Waals surface area contributed by atoms with Crippen molar-refractivity contribution in [3.63, 3.8) is 0 Å². The molecule has 1 aliphatic heterocycles. The Hall–Kier alpha value is -2.02. The van der Waals surface area contributed by atoms with Gasteiger partial charge in [0.05, 0.1) is 27.3 Å². The topological polar surface area (TPSA) is 36.4 Å². The first kappa shape index (κ1) is 17.4. The van der Waals surface area contributed by atoms with Crippen LogP contribution in [0.5, 0.6) is 0 Å². The zero-order valence-electron chi connectivity index (χ0n) is 14.0. The van der Waals surface area contributed by atoms with Gasteiger partial charge in [-0.25, -0.2) is 9.37 Å². The van der Waals surface area contributed by atoms with Gasteiger partial charge < -0.3 is 4.90 Å². The molecule has 4 rings (SSSR count). The van der Waals surface area contributed by atoms with E-state index >= 15 is 0 Å². The van der Waals surface area contributed by atoms with Crippen LogP contribution in [0.3, 0.4) is 0 Å². The minimum absolute atomic E-state index is 0.0335. The number of piperazine rings is 1. The molecule has 0 N–H and O–H groups in total. The minimum atomic E-state index is -0.570. The third-order valence-corrected chi connectivity index (χ3v) is 5.87. The van der Waals surface area contributed by atoms with Crippen LogP contribution < -0.4 is 0 Å². The highest BCUT2D eigenvalue weighted by atomic mass is 35.5. The first-order valence-electron chi connectivity index (χ1n) is 8.42. The van der Waals surface area contributed by atoms with Crippen molar-refractivity contribution in [2.75, 3.05) is 26.2 Å². The van der Waals surface area contributed by atoms with E-state index in [4.69, 9.17) is 11.6 Å². The number of rotatable bonds is 3. The highest BCUT2D eigenvalue weighted by molar-refractivity contribution is 7.18. The predicted octanol–water partition coefficient (Wildman–Crippen LogP) is 4.05. The normalized spacial score (nSPS) is 15.5. The average Bonchev–Trinajstić information content (AvgIpc) is 3.04. The van der Waals surface area contributed by atoms with Gasteiger partial charge in [-0.05, 0) is 24.3 Å². The van der Waals surface area contributed by atoms with E-state index in [1.807, 2.05) is 18.2 Å². The van der Waals surface area contributed by atoms with Crippen LogP contribution in [0.15, 0.2) is 42.5 Å². The van der Waals surface area contributed by atoms with Gasteiger partial charge in [-0.3, -0.25) is 9.69 Å². The van der Waals surface area contributed by atoms with Crippen molar-refractivity contribution in [3.8, 4) is 0 Å². The Bertz CT molecular complexity index is 900. The monoisotopic (exact) mass is 389 g/mol. The summed E-state index contributed by atoms with van der Waals surface area (Å²) in [5, 5.41) is 1.23. The summed E-state index contributed by atoms with van der Waals surface area (Å²) < 4.78 is 15.2. The summed E-state index contributed by atoms with van der Waals surface area (Å²) in [6.07, 6.45) is 0. The fourth-order valence-corrected chi connectivity index (χ4v) is 4.40. The molecule has 26 heavy (non-hydrogen) atoms. The van der Waals surface area contributed by atoms with E-state index in [1.165, 1.54) is 16.8 Å². The van der Waals surface area contributed by atoms with Crippen LogP contribution in [-0.4, -0.2) is 46.9 Å². The molecule has 1 aromatic heterocycles. The molecule has 2 heterocycles. The number of amides is 1. The second kappa shape index (κ2) is 7.31. The lowest BCUT2D eigenvalue weighted by atomic mass is 10.1. The van der Waals surface area contributed by atoms with Gasteiger partial charge in [-0.15, -0.1) is 11.3 Å². The highest BCUT2D eigenvalue weighted by Crippen LogP contribution is 2.24. The number of halogens is 2. The number of carbonyl (C=O) groups excluding carboxylic acids is 1. The number of benzene rings is 2. The van der Waals surface area contributed by atoms with Crippen LogP contribution >= 0.6 is 22.9 Å². The second-order valence-electron chi connectivity index (χ2n) is 6.24. The molecule has 1 saturated heterocycles. The Morgan fingerprint density at radius 2 is 1.88 bits per heavy atom. The van der Waals surface area contributed by atoms with Crippen molar-refractivity contribution < 1.29 is 9.18 Å². The summed E-state index contributed by atoms with van der Waals surface area (Å²) in [6, 6.07) is 12.4. The number of nitrogens with zero attached hydrogens (tertiary/aromatic N) is 3. The second-order valence-corrected chi connectivity index (χ2v) is 7.76. The van der Waals surface area contributed by atoms with Gasteiger partial charge in [0, 0.05) is 26.2 Å². The van der Waals surface area contributed by atoms with Crippen LogP contribution in [0.2, 0.25) is 5.02 Å². The predicted molar refractivity (Wildman–Crippen MR) is 102 cm³/mol. The molecule has 7 heteroatoms. The Morgan fingerprint density at radius 1 is 1.12 bits per heavy atom. The van der Waals surface area contributed by atoms with Crippen LogP contribution in [0.4, 0.5) is 4.39 Å². The molecule has 134 valence electrons. The van der Waals surface area contributed by atoms with E-state index in [9.17, 15) is 9.18 Å². The average molecular weight is 390 g/mol. The number of carbonyl (C=O) groups is 1. The molecule has 0 bridgehead atoms. The first-order valence-corrected chi connectivity index (χ1v) is 9.61. The maximum Gasteiger partial charge on any atom is 0.258 e. The lowest BCUT2D eigenvalue weighted by molar-refractivity contribution is 0.0624. The lowest BCUT2D eigenvalue weighted by Gasteiger charge is -2.34. The van der Waals surface area contributed by atoms with Crippen molar-refractivity contribution in [2.45, 2.75) is 6.54 Å². The summed E-state index contributed by atoms with van der Waals surface area (Å²) in [5.74, 6) is -0.910. The molecule has 4 nitrogen and oxygen atoms in total. The van der Waals surface area contributed by atoms with Crippen LogP contribution in [0, 0.1) is 5.82 Å². The number of thiazole rings is 1. The number of aromatic nitrogens is 1. The van der Waals surface area contributed by atoms with Gasteiger partial charge in [0.25, 0.3) is 5.91 Å². The SMILES string of the molecule is O=C(c1c(F)cccc1Cl)N1CCN(Cc2nc3ccccc3s2)CC1. The molecule has 0 unspecified atom stereocenters. The molecular formula is C19H17ClFN3OS. The molecule has 0 radical (unpaired) electrons. The number of fused-ring (bicyclic) bond motifs is 1. The molecule has 0 saturated carbocycles. The lowest BCUT2D eigenvalue weighted by Crippen LogP contribution is -2.48. The molecule has 3 aromatic rings. The molecular weight excluding hydrogens is 373 g/mol. The molecule has 1 amide bonds. The quantitative estimate of drug-likeness (QED) is 0.678. The molecule has 0 atom stereocenters. The maximum atomic E-state index is 14.0. The zero-order chi connectivity index (χ0) is 18.1. The van der Waals surface area contributed by atoms with E-state index in [0.717, 1.165) is 30.2 Å². The Morgan fingerprint density at radius 3 is 2.62 bits per heavy atom. The van der Waals surface area contributed by atoms with Gasteiger partial charge in [-0.1, -0.05) is 29.8 Å². The largest absolute Gasteiger partial charge is 0.336 e. The van der Waals surface area contributed by atoms with E-state index in [1.54, 1.807) is 22.3 Å². The van der Waals surface area contributed by atoms with Gasteiger partial charge >= 0.3 is 0 Å². The first-order chi connectivity index (χ1) is 12.6. The van der Waals surface area contributed by atoms with Gasteiger partial charge in [0.1, 0.15) is 10.8 Å². The number of para-hydroxylation sites is 1. The number of hydrogen-bond acceptors (Lipinski definition) is 4. The van der Waals surface area contributed by atoms with E-state index in [2.05, 4.69) is 16.0 Å². The van der Waals surface area contributed by atoms with Gasteiger partial charge in [-0.2, -0.15) is 0 Å². The van der Waals surface area contributed by atoms with Crippen LogP contribution in [-0.2, 0) is 6.54 Å². The summed E-state index contributed by atoms with van der Waals surface area (Å²) in [4.78, 5) is 21.2. The van der Waals surface area contributed by atoms with Crippen molar-refractivity contribution in [3.05, 3.63) is 63.9 Å². The van der Waals surface area contributed by atoms with E-state index < -0.39 is 5.82 Å². The molecule has 2 aromatic carbocycles. The van der Waals surface area contributed by atoms with Crippen molar-refractivity contribution >= 4 is 39.1 Å². The standard InChI is InChI=1S/C19H17ClFN3OS/c20-13-4-3-5-14(21)18(13)19(25)24-10-8-23(9-11-24)12-17-22-15-6-1-2-7-16(15)26-17/h1-7H,8-12H2. The highest BCUT2D eigenvalue weighted by Gasteiger charge is 2.26. The third kappa shape index (κ3) is 3.45. The molecule has 1 fully saturated rings. The smallest absolute Gasteiger partial charge is 0.258 e. The summed E-state index contributed by atoms with van der Waals surface area (Å²) in [5.41, 5.74) is 0.990. The molecule has 0 spiro atoms. The summed E-state index contributed by atoms with van der Waals surface area (Å²) in [6.45, 7) is 3.33. The fraction of sp³-hybridized carbons (Fsp3) is 0.263. The van der Waals surface area contributed by atoms with Gasteiger partial charge in [0.2, 0.25) is 0 Å². The molecule has 0 aliphatic carbocycles. The molecule has 1 aliphatic rings. The van der Waals surface area contributed by atoms with E-state index in [0.29, 0.717) is 13.1 Å². The van der Waals surface area contributed by atoms with Gasteiger partial charge in [0.15, 0.2) is 0 Å². The fourth-order valence-electron chi connectivity index (χ4n) is 3.15. The van der Waals surface area contributed by atoms with Crippen molar-refractivity contribution in [2.24, 2.45) is 0 Å². The van der Waals surface area contributed by atoms with Crippen LogP contribution in [0.1, 0.15) is 15.4 Å². The summed E-state index contributed by atoms with van der Waals surface area (Å²) in [7, 11) is 0.